The van der Waals surface area contributed by atoms with E-state index in [2.05, 4.69) is 40.6 Å². The van der Waals surface area contributed by atoms with Crippen LogP contribution in [0.5, 0.6) is 0 Å². The van der Waals surface area contributed by atoms with Gasteiger partial charge in [0.05, 0.1) is 5.56 Å². The zero-order valence-corrected chi connectivity index (χ0v) is 11.7. The van der Waals surface area contributed by atoms with Crippen molar-refractivity contribution in [3.63, 3.8) is 0 Å². The van der Waals surface area contributed by atoms with Crippen LogP contribution >= 0.6 is 11.6 Å². The molecule has 0 radical (unpaired) electrons. The van der Waals surface area contributed by atoms with Crippen LogP contribution in [0.2, 0.25) is 5.28 Å². The van der Waals surface area contributed by atoms with Crippen LogP contribution in [0.4, 0.5) is 5.82 Å². The molecule has 0 aliphatic heterocycles. The second-order valence-electron chi connectivity index (χ2n) is 3.90. The van der Waals surface area contributed by atoms with E-state index < -0.39 is 6.10 Å². The summed E-state index contributed by atoms with van der Waals surface area (Å²) in [6.07, 6.45) is 1.94. The molecule has 0 saturated carbocycles. The van der Waals surface area contributed by atoms with Gasteiger partial charge in [0.25, 0.3) is 0 Å². The first-order chi connectivity index (χ1) is 8.58. The maximum absolute atomic E-state index is 9.20. The van der Waals surface area contributed by atoms with Gasteiger partial charge >= 0.3 is 0 Å². The summed E-state index contributed by atoms with van der Waals surface area (Å²) in [4.78, 5) is 10.3. The van der Waals surface area contributed by atoms with Crippen LogP contribution in [0.3, 0.4) is 0 Å². The fraction of sp³-hybridized carbons (Fsp3) is 0.538. The van der Waals surface area contributed by atoms with Crippen molar-refractivity contribution in [1.82, 2.24) is 9.97 Å². The van der Waals surface area contributed by atoms with Crippen LogP contribution in [0.1, 0.15) is 32.8 Å². The van der Waals surface area contributed by atoms with E-state index in [1.54, 1.807) is 13.1 Å². The topological polar surface area (TPSA) is 49.2 Å². The molecule has 1 heterocycles. The molecule has 1 N–H and O–H groups in total. The van der Waals surface area contributed by atoms with Crippen molar-refractivity contribution < 1.29 is 5.11 Å². The predicted molar refractivity (Wildman–Crippen MR) is 73.8 cm³/mol. The first kappa shape index (κ1) is 14.7. The molecule has 0 saturated heterocycles. The standard InChI is InChI=1S/C13H18ClN3O/c1-4-8-17(5-2)12-11(7-6-10(3)18)9-15-13(14)16-12/h9-10,18H,4-5,8H2,1-3H3. The Labute approximate surface area is 113 Å². The maximum atomic E-state index is 9.20. The van der Waals surface area contributed by atoms with Gasteiger partial charge in [0.15, 0.2) is 0 Å². The highest BCUT2D eigenvalue weighted by Crippen LogP contribution is 2.18. The molecule has 1 atom stereocenters. The summed E-state index contributed by atoms with van der Waals surface area (Å²) in [5.41, 5.74) is 0.690. The number of rotatable bonds is 4. The van der Waals surface area contributed by atoms with Gasteiger partial charge in [-0.05, 0) is 31.9 Å². The lowest BCUT2D eigenvalue weighted by Crippen LogP contribution is -2.25. The van der Waals surface area contributed by atoms with Gasteiger partial charge in [0.1, 0.15) is 11.9 Å². The normalized spacial score (nSPS) is 11.6. The Morgan fingerprint density at radius 2 is 2.22 bits per heavy atom. The third kappa shape index (κ3) is 4.17. The smallest absolute Gasteiger partial charge is 0.224 e. The number of aliphatic hydroxyl groups excluding tert-OH is 1. The number of hydrogen-bond donors (Lipinski definition) is 1. The molecule has 0 bridgehead atoms. The number of aromatic nitrogens is 2. The minimum Gasteiger partial charge on any atom is -0.381 e. The van der Waals surface area contributed by atoms with Gasteiger partial charge < -0.3 is 10.0 Å². The number of anilines is 1. The highest BCUT2D eigenvalue weighted by molar-refractivity contribution is 6.28. The number of nitrogens with zero attached hydrogens (tertiary/aromatic N) is 3. The van der Waals surface area contributed by atoms with E-state index in [4.69, 9.17) is 11.6 Å². The first-order valence-electron chi connectivity index (χ1n) is 6.05. The molecule has 0 aromatic carbocycles. The van der Waals surface area contributed by atoms with Gasteiger partial charge in [-0.1, -0.05) is 18.8 Å². The third-order valence-electron chi connectivity index (χ3n) is 2.33. The van der Waals surface area contributed by atoms with Crippen LogP contribution < -0.4 is 4.90 Å². The molecule has 0 amide bonds. The molecule has 0 spiro atoms. The lowest BCUT2D eigenvalue weighted by atomic mass is 10.2. The molecule has 0 fully saturated rings. The molecule has 1 unspecified atom stereocenters. The molecule has 4 nitrogen and oxygen atoms in total. The van der Waals surface area contributed by atoms with Gasteiger partial charge in [-0.3, -0.25) is 0 Å². The molecule has 1 aromatic heterocycles. The molecule has 5 heteroatoms. The highest BCUT2D eigenvalue weighted by Gasteiger charge is 2.11. The Hall–Kier alpha value is -1.31. The van der Waals surface area contributed by atoms with E-state index in [1.807, 2.05) is 0 Å². The van der Waals surface area contributed by atoms with E-state index >= 15 is 0 Å². The van der Waals surface area contributed by atoms with E-state index in [1.165, 1.54) is 0 Å². The van der Waals surface area contributed by atoms with E-state index in [-0.39, 0.29) is 5.28 Å². The Balaban J connectivity index is 3.14. The van der Waals surface area contributed by atoms with Gasteiger partial charge in [-0.2, -0.15) is 4.98 Å². The van der Waals surface area contributed by atoms with Crippen molar-refractivity contribution in [1.29, 1.82) is 0 Å². The molecule has 0 aliphatic rings. The Morgan fingerprint density at radius 3 is 2.78 bits per heavy atom. The molecule has 1 rings (SSSR count). The Bertz CT molecular complexity index is 451. The van der Waals surface area contributed by atoms with E-state index in [9.17, 15) is 5.11 Å². The van der Waals surface area contributed by atoms with Gasteiger partial charge in [0, 0.05) is 19.3 Å². The summed E-state index contributed by atoms with van der Waals surface area (Å²) in [6, 6.07) is 0. The van der Waals surface area contributed by atoms with Crippen molar-refractivity contribution >= 4 is 17.4 Å². The van der Waals surface area contributed by atoms with Crippen LogP contribution in [0.25, 0.3) is 0 Å². The summed E-state index contributed by atoms with van der Waals surface area (Å²) in [5.74, 6) is 6.32. The van der Waals surface area contributed by atoms with Crippen molar-refractivity contribution in [3.05, 3.63) is 17.0 Å². The van der Waals surface area contributed by atoms with Gasteiger partial charge in [0.2, 0.25) is 5.28 Å². The lowest BCUT2D eigenvalue weighted by Gasteiger charge is -2.22. The van der Waals surface area contributed by atoms with Crippen molar-refractivity contribution in [3.8, 4) is 11.8 Å². The number of hydrogen-bond acceptors (Lipinski definition) is 4. The number of aliphatic hydroxyl groups is 1. The maximum Gasteiger partial charge on any atom is 0.224 e. The molecular formula is C13H18ClN3O. The monoisotopic (exact) mass is 267 g/mol. The average molecular weight is 268 g/mol. The summed E-state index contributed by atoms with van der Waals surface area (Å²) in [7, 11) is 0. The van der Waals surface area contributed by atoms with Gasteiger partial charge in [-0.25, -0.2) is 4.98 Å². The summed E-state index contributed by atoms with van der Waals surface area (Å²) in [6.45, 7) is 7.48. The Morgan fingerprint density at radius 1 is 1.50 bits per heavy atom. The summed E-state index contributed by atoms with van der Waals surface area (Å²) < 4.78 is 0. The molecule has 1 aromatic rings. The highest BCUT2D eigenvalue weighted by atomic mass is 35.5. The van der Waals surface area contributed by atoms with Gasteiger partial charge in [-0.15, -0.1) is 0 Å². The average Bonchev–Trinajstić information content (AvgIpc) is 2.34. The van der Waals surface area contributed by atoms with E-state index in [0.717, 1.165) is 25.3 Å². The molecule has 18 heavy (non-hydrogen) atoms. The predicted octanol–water partition coefficient (Wildman–Crippen LogP) is 2.10. The second-order valence-corrected chi connectivity index (χ2v) is 4.24. The lowest BCUT2D eigenvalue weighted by molar-refractivity contribution is 0.253. The minimum atomic E-state index is -0.672. The van der Waals surface area contributed by atoms with Crippen molar-refractivity contribution in [2.45, 2.75) is 33.3 Å². The third-order valence-corrected chi connectivity index (χ3v) is 2.51. The minimum absolute atomic E-state index is 0.210. The molecule has 98 valence electrons. The SMILES string of the molecule is CCCN(CC)c1nc(Cl)ncc1C#CC(C)O. The Kier molecular flexibility index (Phi) is 5.90. The zero-order valence-electron chi connectivity index (χ0n) is 10.9. The van der Waals surface area contributed by atoms with Crippen LogP contribution in [-0.2, 0) is 0 Å². The number of halogens is 1. The van der Waals surface area contributed by atoms with Crippen LogP contribution in [0, 0.1) is 11.8 Å². The van der Waals surface area contributed by atoms with E-state index in [0.29, 0.717) is 5.56 Å². The fourth-order valence-corrected chi connectivity index (χ4v) is 1.68. The fourth-order valence-electron chi connectivity index (χ4n) is 1.55. The second kappa shape index (κ2) is 7.20. The largest absolute Gasteiger partial charge is 0.381 e. The quantitative estimate of drug-likeness (QED) is 0.670. The molecule has 0 aliphatic carbocycles. The van der Waals surface area contributed by atoms with Crippen LogP contribution in [-0.4, -0.2) is 34.3 Å². The summed E-state index contributed by atoms with van der Waals surface area (Å²) in [5, 5.41) is 9.41. The molecular weight excluding hydrogens is 250 g/mol. The van der Waals surface area contributed by atoms with Crippen molar-refractivity contribution in [2.24, 2.45) is 0 Å². The van der Waals surface area contributed by atoms with Crippen molar-refractivity contribution in [2.75, 3.05) is 18.0 Å². The van der Waals surface area contributed by atoms with Crippen LogP contribution in [0.15, 0.2) is 6.20 Å². The summed E-state index contributed by atoms with van der Waals surface area (Å²) >= 11 is 5.83. The zero-order chi connectivity index (χ0) is 13.5. The first-order valence-corrected chi connectivity index (χ1v) is 6.43.